The number of nitrogens with one attached hydrogen (secondary N) is 1. The number of carbonyl (C=O) groups excluding carboxylic acids is 1. The number of rotatable bonds is 6. The first-order valence-corrected chi connectivity index (χ1v) is 8.16. The van der Waals surface area contributed by atoms with Gasteiger partial charge in [-0.05, 0) is 41.3 Å². The zero-order valence-corrected chi connectivity index (χ0v) is 14.6. The van der Waals surface area contributed by atoms with Crippen LogP contribution in [0.1, 0.15) is 16.2 Å². The van der Waals surface area contributed by atoms with Gasteiger partial charge in [0.2, 0.25) is 11.6 Å². The van der Waals surface area contributed by atoms with Gasteiger partial charge >= 0.3 is 5.82 Å². The molecule has 132 valence electrons. The zero-order chi connectivity index (χ0) is 18.7. The van der Waals surface area contributed by atoms with Crippen LogP contribution in [0.25, 0.3) is 0 Å². The third kappa shape index (κ3) is 3.73. The van der Waals surface area contributed by atoms with Crippen molar-refractivity contribution >= 4 is 34.7 Å². The molecule has 0 radical (unpaired) electrons. The van der Waals surface area contributed by atoms with Gasteiger partial charge in [-0.3, -0.25) is 4.79 Å². The first-order valence-electron chi connectivity index (χ1n) is 7.78. The Labute approximate surface area is 154 Å². The predicted molar refractivity (Wildman–Crippen MR) is 99.1 cm³/mol. The van der Waals surface area contributed by atoms with Gasteiger partial charge in [-0.1, -0.05) is 29.8 Å². The number of benzene rings is 2. The molecule has 2 aromatic carbocycles. The van der Waals surface area contributed by atoms with E-state index in [4.69, 9.17) is 11.6 Å². The largest absolute Gasteiger partial charge is 0.368 e. The number of Topliss-reactive ketones (excluding diaryl/α,β-unsaturated/α-hetero) is 1. The molecule has 0 saturated heterocycles. The molecule has 0 aliphatic rings. The monoisotopic (exact) mass is 370 g/mol. The highest BCUT2D eigenvalue weighted by atomic mass is 35.5. The molecule has 1 aromatic heterocycles. The van der Waals surface area contributed by atoms with Crippen molar-refractivity contribution in [3.63, 3.8) is 0 Å². The molecular weight excluding hydrogens is 356 g/mol. The number of imidazole rings is 1. The van der Waals surface area contributed by atoms with Gasteiger partial charge in [0.15, 0.2) is 12.4 Å². The molecule has 3 aromatic rings. The van der Waals surface area contributed by atoms with Crippen molar-refractivity contribution in [2.75, 3.05) is 5.32 Å². The van der Waals surface area contributed by atoms with Crippen LogP contribution in [-0.4, -0.2) is 20.3 Å². The number of hydrogen-bond donors (Lipinski definition) is 1. The lowest BCUT2D eigenvalue weighted by atomic mass is 10.1. The number of ketones is 1. The summed E-state index contributed by atoms with van der Waals surface area (Å²) in [5.41, 5.74) is 1.10. The molecular formula is C18H15ClN4O3. The number of nitro groups is 1. The van der Waals surface area contributed by atoms with Crippen molar-refractivity contribution in [2.45, 2.75) is 13.5 Å². The maximum atomic E-state index is 12.5. The van der Waals surface area contributed by atoms with Crippen LogP contribution in [0.2, 0.25) is 5.02 Å². The Kier molecular flexibility index (Phi) is 4.99. The van der Waals surface area contributed by atoms with E-state index in [2.05, 4.69) is 10.3 Å². The smallest absolute Gasteiger partial charge is 0.358 e. The summed E-state index contributed by atoms with van der Waals surface area (Å²) in [6.45, 7) is 1.44. The van der Waals surface area contributed by atoms with E-state index in [1.54, 1.807) is 43.3 Å². The van der Waals surface area contributed by atoms with Gasteiger partial charge in [-0.25, -0.2) is 4.57 Å². The van der Waals surface area contributed by atoms with Gasteiger partial charge in [0.1, 0.15) is 0 Å². The van der Waals surface area contributed by atoms with Crippen LogP contribution in [0.5, 0.6) is 0 Å². The zero-order valence-electron chi connectivity index (χ0n) is 13.8. The van der Waals surface area contributed by atoms with Gasteiger partial charge in [0.25, 0.3) is 0 Å². The fourth-order valence-electron chi connectivity index (χ4n) is 2.54. The summed E-state index contributed by atoms with van der Waals surface area (Å²) in [5.74, 6) is -0.0507. The van der Waals surface area contributed by atoms with Crippen molar-refractivity contribution in [3.05, 3.63) is 81.1 Å². The number of hydrogen-bond acceptors (Lipinski definition) is 5. The quantitative estimate of drug-likeness (QED) is 0.395. The molecule has 0 bridgehead atoms. The molecule has 0 saturated carbocycles. The van der Waals surface area contributed by atoms with Gasteiger partial charge in [0.05, 0.1) is 0 Å². The molecule has 3 rings (SSSR count). The number of aromatic nitrogens is 2. The summed E-state index contributed by atoms with van der Waals surface area (Å²) < 4.78 is 1.29. The van der Waals surface area contributed by atoms with Gasteiger partial charge in [-0.15, -0.1) is 0 Å². The summed E-state index contributed by atoms with van der Waals surface area (Å²) in [6, 6.07) is 15.4. The van der Waals surface area contributed by atoms with E-state index in [-0.39, 0.29) is 24.0 Å². The minimum atomic E-state index is -0.541. The second kappa shape index (κ2) is 7.37. The van der Waals surface area contributed by atoms with Crippen LogP contribution >= 0.6 is 11.6 Å². The fourth-order valence-corrected chi connectivity index (χ4v) is 2.67. The first kappa shape index (κ1) is 17.6. The van der Waals surface area contributed by atoms with Crippen LogP contribution in [0, 0.1) is 17.0 Å². The highest BCUT2D eigenvalue weighted by Gasteiger charge is 2.27. The molecule has 1 heterocycles. The number of aryl methyl sites for hydroxylation is 1. The molecule has 0 spiro atoms. The molecule has 1 N–H and O–H groups in total. The Hall–Kier alpha value is -3.19. The molecule has 0 atom stereocenters. The van der Waals surface area contributed by atoms with E-state index in [0.29, 0.717) is 22.1 Å². The second-order valence-corrected chi connectivity index (χ2v) is 6.03. The third-order valence-electron chi connectivity index (χ3n) is 3.81. The Balaban J connectivity index is 1.92. The van der Waals surface area contributed by atoms with E-state index < -0.39 is 4.92 Å². The lowest BCUT2D eigenvalue weighted by Gasteiger charge is -2.05. The highest BCUT2D eigenvalue weighted by molar-refractivity contribution is 6.30. The standard InChI is InChI=1S/C18H15ClN4O3/c1-12-20-17(21-15-5-3-2-4-6-15)18(23(25)26)22(12)11-16(24)13-7-9-14(19)10-8-13/h2-10,21H,11H2,1H3. The summed E-state index contributed by atoms with van der Waals surface area (Å²) >= 11 is 5.82. The lowest BCUT2D eigenvalue weighted by Crippen LogP contribution is -2.14. The SMILES string of the molecule is Cc1nc(Nc2ccccc2)c([N+](=O)[O-])n1CC(=O)c1ccc(Cl)cc1. The van der Waals surface area contributed by atoms with E-state index >= 15 is 0 Å². The average molecular weight is 371 g/mol. The molecule has 0 unspecified atom stereocenters. The third-order valence-corrected chi connectivity index (χ3v) is 4.06. The summed E-state index contributed by atoms with van der Waals surface area (Å²) in [4.78, 5) is 27.8. The minimum absolute atomic E-state index is 0.0996. The average Bonchev–Trinajstić information content (AvgIpc) is 2.91. The Morgan fingerprint density at radius 1 is 1.19 bits per heavy atom. The van der Waals surface area contributed by atoms with Crippen LogP contribution in [0.15, 0.2) is 54.6 Å². The first-order chi connectivity index (χ1) is 12.5. The van der Waals surface area contributed by atoms with E-state index in [9.17, 15) is 14.9 Å². The van der Waals surface area contributed by atoms with Crippen molar-refractivity contribution in [1.82, 2.24) is 9.55 Å². The Morgan fingerprint density at radius 2 is 1.85 bits per heavy atom. The van der Waals surface area contributed by atoms with Crippen LogP contribution < -0.4 is 5.32 Å². The summed E-state index contributed by atoms with van der Waals surface area (Å²) in [6.07, 6.45) is 0. The highest BCUT2D eigenvalue weighted by Crippen LogP contribution is 2.28. The van der Waals surface area contributed by atoms with Crippen LogP contribution in [-0.2, 0) is 6.54 Å². The van der Waals surface area contributed by atoms with Crippen molar-refractivity contribution in [3.8, 4) is 0 Å². The van der Waals surface area contributed by atoms with E-state index in [1.165, 1.54) is 4.57 Å². The Bertz CT molecular complexity index is 953. The van der Waals surface area contributed by atoms with E-state index in [1.807, 2.05) is 18.2 Å². The molecule has 0 aliphatic heterocycles. The minimum Gasteiger partial charge on any atom is -0.358 e. The van der Waals surface area contributed by atoms with Crippen LogP contribution in [0.3, 0.4) is 0 Å². The van der Waals surface area contributed by atoms with Gasteiger partial charge < -0.3 is 15.4 Å². The molecule has 0 aliphatic carbocycles. The lowest BCUT2D eigenvalue weighted by molar-refractivity contribution is -0.391. The normalized spacial score (nSPS) is 10.5. The molecule has 26 heavy (non-hydrogen) atoms. The number of para-hydroxylation sites is 1. The number of anilines is 2. The molecule has 0 amide bonds. The molecule has 0 fully saturated rings. The fraction of sp³-hybridized carbons (Fsp3) is 0.111. The Morgan fingerprint density at radius 3 is 2.46 bits per heavy atom. The second-order valence-electron chi connectivity index (χ2n) is 5.60. The number of halogens is 1. The van der Waals surface area contributed by atoms with Gasteiger partial charge in [-0.2, -0.15) is 4.98 Å². The van der Waals surface area contributed by atoms with Gasteiger partial charge in [0, 0.05) is 23.2 Å². The number of carbonyl (C=O) groups is 1. The summed E-state index contributed by atoms with van der Waals surface area (Å²) in [5, 5.41) is 15.0. The van der Waals surface area contributed by atoms with Crippen molar-refractivity contribution in [1.29, 1.82) is 0 Å². The predicted octanol–water partition coefficient (Wildman–Crippen LogP) is 4.38. The topological polar surface area (TPSA) is 90.1 Å². The van der Waals surface area contributed by atoms with E-state index in [0.717, 1.165) is 0 Å². The van der Waals surface area contributed by atoms with Crippen molar-refractivity contribution in [2.24, 2.45) is 0 Å². The molecule has 8 heteroatoms. The number of nitrogens with zero attached hydrogens (tertiary/aromatic N) is 3. The summed E-state index contributed by atoms with van der Waals surface area (Å²) in [7, 11) is 0. The van der Waals surface area contributed by atoms with Crippen molar-refractivity contribution < 1.29 is 9.72 Å². The maximum Gasteiger partial charge on any atom is 0.368 e. The maximum absolute atomic E-state index is 12.5. The molecule has 7 nitrogen and oxygen atoms in total. The van der Waals surface area contributed by atoms with Crippen LogP contribution in [0.4, 0.5) is 17.3 Å².